The standard InChI is InChI=1S/C24H39NO7/c1-5-25-10-21(11-30-2)14-6-12-19(25)24(14,16(31-3)7-15(21)26)13-8-23(29)17(32-4)9-22(12,28)18(13)20(23)27/h12-20,26-29H,5-11H2,1-4H3/t12-,13?,14+,15+,16-,17-,18?,19?,20?,21+,22-,23-,24+/m0/s1. The fraction of sp³-hybridized carbons (Fsp3) is 1.00. The first-order chi connectivity index (χ1) is 15.2. The minimum absolute atomic E-state index is 0.0784. The van der Waals surface area contributed by atoms with Crippen LogP contribution in [0, 0.1) is 34.5 Å². The van der Waals surface area contributed by atoms with Crippen molar-refractivity contribution in [3.8, 4) is 0 Å². The second-order valence-corrected chi connectivity index (χ2v) is 11.7. The van der Waals surface area contributed by atoms with Crippen LogP contribution in [0.5, 0.6) is 0 Å². The van der Waals surface area contributed by atoms with E-state index in [-0.39, 0.29) is 35.3 Å². The van der Waals surface area contributed by atoms with Gasteiger partial charge in [-0.2, -0.15) is 0 Å². The van der Waals surface area contributed by atoms with Crippen molar-refractivity contribution in [2.75, 3.05) is 41.0 Å². The summed E-state index contributed by atoms with van der Waals surface area (Å²) in [5.41, 5.74) is -3.32. The molecule has 0 aromatic rings. The monoisotopic (exact) mass is 453 g/mol. The van der Waals surface area contributed by atoms with E-state index in [0.717, 1.165) is 19.5 Å². The number of rotatable bonds is 5. The van der Waals surface area contributed by atoms with E-state index in [1.165, 1.54) is 0 Å². The second kappa shape index (κ2) is 6.66. The van der Waals surface area contributed by atoms with Gasteiger partial charge in [-0.05, 0) is 31.2 Å². The van der Waals surface area contributed by atoms with Crippen LogP contribution in [0.3, 0.4) is 0 Å². The molecule has 5 aliphatic carbocycles. The minimum atomic E-state index is -1.38. The summed E-state index contributed by atoms with van der Waals surface area (Å²) in [4.78, 5) is 2.44. The highest BCUT2D eigenvalue weighted by molar-refractivity contribution is 5.36. The summed E-state index contributed by atoms with van der Waals surface area (Å²) in [6, 6.07) is 0.0799. The number of piperidine rings is 1. The Labute approximate surface area is 189 Å². The average molecular weight is 454 g/mol. The second-order valence-electron chi connectivity index (χ2n) is 11.7. The van der Waals surface area contributed by atoms with E-state index in [2.05, 4.69) is 11.8 Å². The van der Waals surface area contributed by atoms with Crippen LogP contribution in [0.1, 0.15) is 32.6 Å². The molecule has 6 fully saturated rings. The summed E-state index contributed by atoms with van der Waals surface area (Å²) >= 11 is 0. The molecule has 0 aromatic carbocycles. The van der Waals surface area contributed by atoms with Crippen molar-refractivity contribution in [1.29, 1.82) is 0 Å². The molecule has 8 nitrogen and oxygen atoms in total. The molecule has 1 aliphatic heterocycles. The van der Waals surface area contributed by atoms with Crippen LogP contribution in [0.4, 0.5) is 0 Å². The molecule has 4 N–H and O–H groups in total. The fourth-order valence-electron chi connectivity index (χ4n) is 10.6. The zero-order valence-electron chi connectivity index (χ0n) is 19.6. The lowest BCUT2D eigenvalue weighted by atomic mass is 9.42. The molecule has 32 heavy (non-hydrogen) atoms. The van der Waals surface area contributed by atoms with Gasteiger partial charge in [0, 0.05) is 69.4 Å². The highest BCUT2D eigenvalue weighted by Crippen LogP contribution is 2.79. The highest BCUT2D eigenvalue weighted by atomic mass is 16.5. The van der Waals surface area contributed by atoms with Crippen LogP contribution in [0.25, 0.3) is 0 Å². The maximum Gasteiger partial charge on any atom is 0.117 e. The molecule has 13 atom stereocenters. The van der Waals surface area contributed by atoms with Gasteiger partial charge in [0.05, 0.1) is 36.6 Å². The van der Waals surface area contributed by atoms with Crippen molar-refractivity contribution in [2.45, 2.75) is 74.3 Å². The molecule has 4 unspecified atom stereocenters. The minimum Gasteiger partial charge on any atom is -0.392 e. The topological polar surface area (TPSA) is 112 Å². The summed E-state index contributed by atoms with van der Waals surface area (Å²) in [7, 11) is 4.98. The van der Waals surface area contributed by atoms with E-state index in [9.17, 15) is 20.4 Å². The van der Waals surface area contributed by atoms with E-state index in [0.29, 0.717) is 25.9 Å². The number of nitrogens with zero attached hydrogens (tertiary/aromatic N) is 1. The Bertz CT molecular complexity index is 798. The zero-order valence-corrected chi connectivity index (χ0v) is 19.6. The lowest BCUT2D eigenvalue weighted by Crippen LogP contribution is -2.78. The number of hydrogen-bond donors (Lipinski definition) is 4. The Morgan fingerprint density at radius 1 is 0.938 bits per heavy atom. The third-order valence-electron chi connectivity index (χ3n) is 11.4. The first-order valence-corrected chi connectivity index (χ1v) is 12.3. The van der Waals surface area contributed by atoms with Crippen molar-refractivity contribution in [3.63, 3.8) is 0 Å². The third kappa shape index (κ3) is 2.07. The van der Waals surface area contributed by atoms with Crippen molar-refractivity contribution >= 4 is 0 Å². The molecule has 1 heterocycles. The van der Waals surface area contributed by atoms with Crippen LogP contribution in [-0.4, -0.2) is 108 Å². The van der Waals surface area contributed by atoms with Crippen LogP contribution in [0.15, 0.2) is 0 Å². The van der Waals surface area contributed by atoms with E-state index in [4.69, 9.17) is 14.2 Å². The highest BCUT2D eigenvalue weighted by Gasteiger charge is 2.86. The maximum atomic E-state index is 12.4. The van der Waals surface area contributed by atoms with E-state index in [1.807, 2.05) is 0 Å². The fourth-order valence-corrected chi connectivity index (χ4v) is 10.6. The number of ether oxygens (including phenoxy) is 3. The molecule has 1 saturated heterocycles. The zero-order chi connectivity index (χ0) is 22.8. The maximum absolute atomic E-state index is 12.4. The largest absolute Gasteiger partial charge is 0.392 e. The van der Waals surface area contributed by atoms with Crippen molar-refractivity contribution in [2.24, 2.45) is 34.5 Å². The Kier molecular flexibility index (Phi) is 4.62. The molecule has 6 aliphatic rings. The summed E-state index contributed by atoms with van der Waals surface area (Å²) in [6.45, 7) is 4.13. The molecule has 6 rings (SSSR count). The Morgan fingerprint density at radius 3 is 2.28 bits per heavy atom. The molecule has 0 amide bonds. The molecule has 8 heteroatoms. The van der Waals surface area contributed by atoms with Gasteiger partial charge in [0.15, 0.2) is 0 Å². The van der Waals surface area contributed by atoms with Gasteiger partial charge in [-0.1, -0.05) is 6.92 Å². The Hall–Kier alpha value is -0.320. The molecule has 1 spiro atoms. The van der Waals surface area contributed by atoms with Crippen molar-refractivity contribution in [1.82, 2.24) is 4.90 Å². The van der Waals surface area contributed by atoms with Gasteiger partial charge < -0.3 is 34.6 Å². The van der Waals surface area contributed by atoms with E-state index >= 15 is 0 Å². The molecule has 5 saturated carbocycles. The average Bonchev–Trinajstić information content (AvgIpc) is 3.14. The van der Waals surface area contributed by atoms with Crippen LogP contribution >= 0.6 is 0 Å². The Balaban J connectivity index is 1.61. The number of fused-ring (bicyclic) bond motifs is 2. The van der Waals surface area contributed by atoms with Crippen molar-refractivity contribution < 1.29 is 34.6 Å². The van der Waals surface area contributed by atoms with Crippen LogP contribution in [-0.2, 0) is 14.2 Å². The van der Waals surface area contributed by atoms with Gasteiger partial charge in [-0.15, -0.1) is 0 Å². The quantitative estimate of drug-likeness (QED) is 0.446. The Morgan fingerprint density at radius 2 is 1.66 bits per heavy atom. The number of aliphatic hydroxyl groups is 4. The molecular weight excluding hydrogens is 414 g/mol. The summed E-state index contributed by atoms with van der Waals surface area (Å²) in [6.07, 6.45) is -0.411. The van der Waals surface area contributed by atoms with Crippen molar-refractivity contribution in [3.05, 3.63) is 0 Å². The number of likely N-dealkylation sites (tertiary alicyclic amines) is 1. The first-order valence-electron chi connectivity index (χ1n) is 12.3. The van der Waals surface area contributed by atoms with E-state index < -0.39 is 40.8 Å². The number of hydrogen-bond acceptors (Lipinski definition) is 8. The van der Waals surface area contributed by atoms with Gasteiger partial charge in [-0.3, -0.25) is 4.90 Å². The predicted octanol–water partition coefficient (Wildman–Crippen LogP) is -0.383. The van der Waals surface area contributed by atoms with Crippen LogP contribution in [0.2, 0.25) is 0 Å². The lowest BCUT2D eigenvalue weighted by Gasteiger charge is -2.70. The van der Waals surface area contributed by atoms with Gasteiger partial charge in [-0.25, -0.2) is 0 Å². The van der Waals surface area contributed by atoms with Crippen LogP contribution < -0.4 is 0 Å². The molecule has 182 valence electrons. The number of methoxy groups -OCH3 is 3. The lowest BCUT2D eigenvalue weighted by molar-refractivity contribution is -0.298. The normalized spacial score (nSPS) is 62.4. The van der Waals surface area contributed by atoms with E-state index in [1.54, 1.807) is 21.3 Å². The van der Waals surface area contributed by atoms with Gasteiger partial charge >= 0.3 is 0 Å². The molecule has 0 radical (unpaired) electrons. The summed E-state index contributed by atoms with van der Waals surface area (Å²) in [5, 5.41) is 47.0. The number of aliphatic hydroxyl groups excluding tert-OH is 2. The predicted molar refractivity (Wildman–Crippen MR) is 114 cm³/mol. The SMILES string of the molecule is CCN1C[C@]2(COC)[C@H](O)C[C@H](OC)[C@@]34C5C[C@@]6(O)C(O)C5[C@](O)(C[C@@H]6OC)[C@@H](C[C@H]23)C14. The molecule has 0 aromatic heterocycles. The molecule has 7 bridgehead atoms. The third-order valence-corrected chi connectivity index (χ3v) is 11.4. The summed E-state index contributed by atoms with van der Waals surface area (Å²) < 4.78 is 17.6. The van der Waals surface area contributed by atoms with Gasteiger partial charge in [0.25, 0.3) is 0 Å². The van der Waals surface area contributed by atoms with Gasteiger partial charge in [0.2, 0.25) is 0 Å². The van der Waals surface area contributed by atoms with Gasteiger partial charge in [0.1, 0.15) is 5.60 Å². The first kappa shape index (κ1) is 22.2. The molecular formula is C24H39NO7. The summed E-state index contributed by atoms with van der Waals surface area (Å²) in [5.74, 6) is -0.526. The smallest absolute Gasteiger partial charge is 0.117 e.